The molecule has 0 aromatic rings. The maximum atomic E-state index is 13.8. The highest BCUT2D eigenvalue weighted by Gasteiger charge is 2.74. The van der Waals surface area contributed by atoms with Crippen LogP contribution in [-0.2, 0) is 0 Å². The van der Waals surface area contributed by atoms with Crippen molar-refractivity contribution in [2.24, 2.45) is 23.7 Å². The Morgan fingerprint density at radius 2 is 1.12 bits per heavy atom. The summed E-state index contributed by atoms with van der Waals surface area (Å²) in [6.45, 7) is 2.14. The third-order valence-electron chi connectivity index (χ3n) is 6.31. The lowest BCUT2D eigenvalue weighted by Gasteiger charge is -2.41. The van der Waals surface area contributed by atoms with Crippen LogP contribution < -0.4 is 0 Å². The molecule has 0 bridgehead atoms. The molecule has 0 amide bonds. The van der Waals surface area contributed by atoms with Gasteiger partial charge in [-0.05, 0) is 56.3 Å². The average molecular weight is 376 g/mol. The second kappa shape index (κ2) is 7.63. The van der Waals surface area contributed by atoms with Gasteiger partial charge < -0.3 is 0 Å². The largest absolute Gasteiger partial charge is 0.459 e. The Morgan fingerprint density at radius 3 is 1.52 bits per heavy atom. The summed E-state index contributed by atoms with van der Waals surface area (Å²) in [7, 11) is 0. The van der Waals surface area contributed by atoms with E-state index < -0.39 is 23.9 Å². The molecule has 0 unspecified atom stereocenters. The highest BCUT2D eigenvalue weighted by Crippen LogP contribution is 2.54. The van der Waals surface area contributed by atoms with Gasteiger partial charge >= 0.3 is 18.0 Å². The van der Waals surface area contributed by atoms with Crippen molar-refractivity contribution in [3.05, 3.63) is 0 Å². The van der Waals surface area contributed by atoms with E-state index >= 15 is 0 Å². The van der Waals surface area contributed by atoms with Crippen LogP contribution in [0.5, 0.6) is 0 Å². The van der Waals surface area contributed by atoms with Crippen LogP contribution in [0.15, 0.2) is 0 Å². The van der Waals surface area contributed by atoms with Crippen LogP contribution in [0.3, 0.4) is 0 Å². The smallest absolute Gasteiger partial charge is 0.199 e. The van der Waals surface area contributed by atoms with E-state index in [1.807, 2.05) is 0 Å². The fraction of sp³-hybridized carbons (Fsp3) is 1.00. The van der Waals surface area contributed by atoms with E-state index in [2.05, 4.69) is 6.92 Å². The van der Waals surface area contributed by atoms with Gasteiger partial charge in [0.25, 0.3) is 0 Å². The number of halogens is 7. The Hall–Kier alpha value is -0.490. The summed E-state index contributed by atoms with van der Waals surface area (Å²) in [5.41, 5.74) is 0. The molecule has 0 radical (unpaired) electrons. The number of rotatable bonds is 5. The highest BCUT2D eigenvalue weighted by atomic mass is 19.4. The van der Waals surface area contributed by atoms with E-state index in [-0.39, 0.29) is 18.8 Å². The zero-order chi connectivity index (χ0) is 18.9. The predicted octanol–water partition coefficient (Wildman–Crippen LogP) is 7.23. The molecule has 2 fully saturated rings. The second-order valence-corrected chi connectivity index (χ2v) is 7.88. The van der Waals surface area contributed by atoms with E-state index in [0.29, 0.717) is 24.7 Å². The number of alkyl halides is 7. The molecule has 0 nitrogen and oxygen atoms in total. The van der Waals surface area contributed by atoms with Crippen molar-refractivity contribution >= 4 is 0 Å². The molecule has 0 aliphatic heterocycles. The van der Waals surface area contributed by atoms with Gasteiger partial charge in [-0.3, -0.25) is 0 Å². The second-order valence-electron chi connectivity index (χ2n) is 7.88. The van der Waals surface area contributed by atoms with E-state index in [1.165, 1.54) is 6.42 Å². The first kappa shape index (κ1) is 20.8. The van der Waals surface area contributed by atoms with Crippen molar-refractivity contribution in [3.8, 4) is 0 Å². The Labute approximate surface area is 144 Å². The Kier molecular flexibility index (Phi) is 6.35. The van der Waals surface area contributed by atoms with E-state index in [1.54, 1.807) is 0 Å². The minimum Gasteiger partial charge on any atom is -0.199 e. The van der Waals surface area contributed by atoms with Crippen LogP contribution in [0.25, 0.3) is 0 Å². The first-order chi connectivity index (χ1) is 11.5. The summed E-state index contributed by atoms with van der Waals surface area (Å²) in [4.78, 5) is 0. The van der Waals surface area contributed by atoms with Gasteiger partial charge in [-0.2, -0.15) is 30.7 Å². The van der Waals surface area contributed by atoms with Gasteiger partial charge in [0.1, 0.15) is 0 Å². The van der Waals surface area contributed by atoms with Crippen molar-refractivity contribution in [3.63, 3.8) is 0 Å². The third-order valence-corrected chi connectivity index (χ3v) is 6.31. The van der Waals surface area contributed by atoms with Crippen molar-refractivity contribution in [2.45, 2.75) is 89.2 Å². The zero-order valence-corrected chi connectivity index (χ0v) is 14.5. The molecule has 0 aromatic heterocycles. The molecular weight excluding hydrogens is 349 g/mol. The Bertz CT molecular complexity index is 414. The summed E-state index contributed by atoms with van der Waals surface area (Å²) < 4.78 is 91.0. The topological polar surface area (TPSA) is 0 Å². The van der Waals surface area contributed by atoms with E-state index in [4.69, 9.17) is 0 Å². The molecular formula is C18H27F7. The van der Waals surface area contributed by atoms with Crippen LogP contribution >= 0.6 is 0 Å². The predicted molar refractivity (Wildman–Crippen MR) is 81.8 cm³/mol. The molecule has 2 rings (SSSR count). The lowest BCUT2D eigenvalue weighted by molar-refractivity contribution is -0.367. The maximum absolute atomic E-state index is 13.8. The van der Waals surface area contributed by atoms with Crippen molar-refractivity contribution in [1.82, 2.24) is 0 Å². The van der Waals surface area contributed by atoms with Crippen LogP contribution in [0.2, 0.25) is 0 Å². The van der Waals surface area contributed by atoms with Gasteiger partial charge in [-0.25, -0.2) is 0 Å². The average Bonchev–Trinajstić information content (AvgIpc) is 2.55. The number of hydrogen-bond donors (Lipinski definition) is 0. The minimum atomic E-state index is -6.22. The summed E-state index contributed by atoms with van der Waals surface area (Å²) in [6.07, 6.45) is 0.545. The molecule has 2 aliphatic rings. The monoisotopic (exact) mass is 376 g/mol. The third kappa shape index (κ3) is 4.26. The first-order valence-corrected chi connectivity index (χ1v) is 9.33. The van der Waals surface area contributed by atoms with Crippen LogP contribution in [0.4, 0.5) is 30.7 Å². The molecule has 2 aliphatic carbocycles. The molecule has 0 spiro atoms. The summed E-state index contributed by atoms with van der Waals surface area (Å²) >= 11 is 0. The van der Waals surface area contributed by atoms with Crippen LogP contribution in [0.1, 0.15) is 71.1 Å². The van der Waals surface area contributed by atoms with E-state index in [9.17, 15) is 30.7 Å². The molecule has 2 saturated carbocycles. The minimum absolute atomic E-state index is 0.189. The quantitative estimate of drug-likeness (QED) is 0.444. The van der Waals surface area contributed by atoms with Crippen LogP contribution in [-0.4, -0.2) is 18.0 Å². The fourth-order valence-corrected chi connectivity index (χ4v) is 4.76. The molecule has 25 heavy (non-hydrogen) atoms. The lowest BCUT2D eigenvalue weighted by atomic mass is 9.67. The molecule has 0 N–H and O–H groups in total. The molecule has 0 aromatic carbocycles. The van der Waals surface area contributed by atoms with Crippen molar-refractivity contribution < 1.29 is 30.7 Å². The van der Waals surface area contributed by atoms with E-state index in [0.717, 1.165) is 32.1 Å². The maximum Gasteiger partial charge on any atom is 0.459 e. The van der Waals surface area contributed by atoms with Crippen molar-refractivity contribution in [1.29, 1.82) is 0 Å². The molecule has 148 valence electrons. The normalized spacial score (nSPS) is 32.6. The molecule has 0 saturated heterocycles. The van der Waals surface area contributed by atoms with Gasteiger partial charge in [0, 0.05) is 5.92 Å². The van der Waals surface area contributed by atoms with Crippen molar-refractivity contribution in [2.75, 3.05) is 0 Å². The first-order valence-electron chi connectivity index (χ1n) is 9.33. The highest BCUT2D eigenvalue weighted by molar-refractivity contribution is 4.97. The summed E-state index contributed by atoms with van der Waals surface area (Å²) in [5, 5.41) is 0. The van der Waals surface area contributed by atoms with Gasteiger partial charge in [0.15, 0.2) is 0 Å². The van der Waals surface area contributed by atoms with Gasteiger partial charge in [0.05, 0.1) is 0 Å². The van der Waals surface area contributed by atoms with Gasteiger partial charge in [0.2, 0.25) is 0 Å². The standard InChI is InChI=1S/C18H27F7/c1-2-3-12-4-6-13(7-5-12)14-8-10-15(11-9-14)16(19,20)17(21,22)18(23,24)25/h12-15H,2-11H2,1H3. The lowest BCUT2D eigenvalue weighted by Crippen LogP contribution is -2.56. The number of hydrogen-bond acceptors (Lipinski definition) is 0. The SMILES string of the molecule is CCCC1CCC(C2CCC(C(F)(F)C(F)(F)C(F)(F)F)CC2)CC1. The van der Waals surface area contributed by atoms with Crippen LogP contribution in [0, 0.1) is 23.7 Å². The summed E-state index contributed by atoms with van der Waals surface area (Å²) in [6, 6.07) is 0. The molecule has 0 heterocycles. The van der Waals surface area contributed by atoms with Gasteiger partial charge in [-0.1, -0.05) is 32.6 Å². The fourth-order valence-electron chi connectivity index (χ4n) is 4.76. The van der Waals surface area contributed by atoms with Gasteiger partial charge in [-0.15, -0.1) is 0 Å². The molecule has 7 heteroatoms. The zero-order valence-electron chi connectivity index (χ0n) is 14.5. The molecule has 0 atom stereocenters. The summed E-state index contributed by atoms with van der Waals surface area (Å²) in [5.74, 6) is -11.6. The Balaban J connectivity index is 1.89. The Morgan fingerprint density at radius 1 is 0.680 bits per heavy atom.